The molecule has 0 amide bonds. The van der Waals surface area contributed by atoms with Crippen molar-refractivity contribution in [3.63, 3.8) is 0 Å². The molecular weight excluding hydrogens is 295 g/mol. The number of methoxy groups -OCH3 is 1. The van der Waals surface area contributed by atoms with Crippen LogP contribution in [0.3, 0.4) is 0 Å². The Morgan fingerprint density at radius 3 is 3.00 bits per heavy atom. The van der Waals surface area contributed by atoms with E-state index in [2.05, 4.69) is 22.1 Å². The number of aromatic nitrogens is 1. The average Bonchev–Trinajstić information content (AvgIpc) is 2.44. The Bertz CT molecular complexity index is 493. The number of piperazine rings is 1. The van der Waals surface area contributed by atoms with Gasteiger partial charge in [0, 0.05) is 32.8 Å². The largest absolute Gasteiger partial charge is 0.397 e. The van der Waals surface area contributed by atoms with Gasteiger partial charge in [0.15, 0.2) is 0 Å². The van der Waals surface area contributed by atoms with E-state index in [1.165, 1.54) is 0 Å². The molecule has 1 unspecified atom stereocenters. The average molecular weight is 317 g/mol. The van der Waals surface area contributed by atoms with Crippen LogP contribution in [-0.4, -0.2) is 43.4 Å². The van der Waals surface area contributed by atoms with Crippen molar-refractivity contribution in [1.29, 1.82) is 0 Å². The molecular formula is C14H22ClFN4O. The molecule has 0 bridgehead atoms. The molecule has 1 fully saturated rings. The van der Waals surface area contributed by atoms with Crippen molar-refractivity contribution in [1.82, 2.24) is 10.3 Å². The Hall–Kier alpha value is -1.11. The zero-order chi connectivity index (χ0) is 15.6. The van der Waals surface area contributed by atoms with Crippen molar-refractivity contribution < 1.29 is 9.13 Å². The summed E-state index contributed by atoms with van der Waals surface area (Å²) in [6, 6.07) is 1.63. The number of nitrogens with two attached hydrogens (primary N) is 1. The van der Waals surface area contributed by atoms with Gasteiger partial charge < -0.3 is 20.7 Å². The lowest BCUT2D eigenvalue weighted by Gasteiger charge is -2.47. The van der Waals surface area contributed by atoms with Gasteiger partial charge in [-0.25, -0.2) is 4.98 Å². The van der Waals surface area contributed by atoms with Crippen LogP contribution in [-0.2, 0) is 4.74 Å². The molecule has 7 heteroatoms. The van der Waals surface area contributed by atoms with Gasteiger partial charge in [0.25, 0.3) is 0 Å². The van der Waals surface area contributed by atoms with Gasteiger partial charge in [-0.3, -0.25) is 0 Å². The van der Waals surface area contributed by atoms with E-state index in [1.54, 1.807) is 13.2 Å². The van der Waals surface area contributed by atoms with E-state index in [4.69, 9.17) is 22.1 Å². The van der Waals surface area contributed by atoms with E-state index in [9.17, 15) is 4.39 Å². The summed E-state index contributed by atoms with van der Waals surface area (Å²) in [5.74, 6) is -0.214. The maximum atomic E-state index is 13.8. The first kappa shape index (κ1) is 16.3. The molecule has 118 valence electrons. The smallest absolute Gasteiger partial charge is 0.235 e. The molecule has 1 aliphatic rings. The van der Waals surface area contributed by atoms with E-state index >= 15 is 0 Å². The third kappa shape index (κ3) is 3.39. The number of nitrogen functional groups attached to an aromatic ring is 1. The minimum absolute atomic E-state index is 0.0897. The van der Waals surface area contributed by atoms with Crippen molar-refractivity contribution in [2.45, 2.75) is 31.9 Å². The highest BCUT2D eigenvalue weighted by Gasteiger charge is 2.37. The summed E-state index contributed by atoms with van der Waals surface area (Å²) in [6.45, 7) is 6.43. The SMILES string of the molecule is COC(C)C[C@@]1(C)CNCCN1c1cc(N)c(Cl)c(F)n1. The second kappa shape index (κ2) is 6.34. The van der Waals surface area contributed by atoms with E-state index in [0.29, 0.717) is 5.82 Å². The zero-order valence-corrected chi connectivity index (χ0v) is 13.4. The highest BCUT2D eigenvalue weighted by atomic mass is 35.5. The Labute approximate surface area is 129 Å². The number of hydrogen-bond donors (Lipinski definition) is 2. The van der Waals surface area contributed by atoms with Crippen LogP contribution < -0.4 is 16.0 Å². The lowest BCUT2D eigenvalue weighted by molar-refractivity contribution is 0.0860. The highest BCUT2D eigenvalue weighted by molar-refractivity contribution is 6.33. The van der Waals surface area contributed by atoms with Crippen LogP contribution in [0.15, 0.2) is 6.07 Å². The number of pyridine rings is 1. The minimum atomic E-state index is -0.729. The van der Waals surface area contributed by atoms with E-state index in [-0.39, 0.29) is 22.4 Å². The quantitative estimate of drug-likeness (QED) is 0.832. The first-order valence-electron chi connectivity index (χ1n) is 7.00. The fourth-order valence-electron chi connectivity index (χ4n) is 2.83. The van der Waals surface area contributed by atoms with Gasteiger partial charge in [0.05, 0.1) is 17.3 Å². The van der Waals surface area contributed by atoms with E-state index in [1.807, 2.05) is 6.92 Å². The summed E-state index contributed by atoms with van der Waals surface area (Å²) in [6.07, 6.45) is 0.884. The third-order valence-electron chi connectivity index (χ3n) is 4.01. The number of nitrogens with one attached hydrogen (secondary N) is 1. The van der Waals surface area contributed by atoms with Gasteiger partial charge >= 0.3 is 0 Å². The molecule has 0 aliphatic carbocycles. The molecule has 2 heterocycles. The predicted octanol–water partition coefficient (Wildman–Crippen LogP) is 2.05. The van der Waals surface area contributed by atoms with Crippen molar-refractivity contribution in [3.8, 4) is 0 Å². The molecule has 21 heavy (non-hydrogen) atoms. The lowest BCUT2D eigenvalue weighted by atomic mass is 9.90. The minimum Gasteiger partial charge on any atom is -0.397 e. The van der Waals surface area contributed by atoms with Crippen LogP contribution in [0, 0.1) is 5.95 Å². The van der Waals surface area contributed by atoms with Gasteiger partial charge in [0.2, 0.25) is 5.95 Å². The summed E-state index contributed by atoms with van der Waals surface area (Å²) in [5, 5.41) is 3.24. The third-order valence-corrected chi connectivity index (χ3v) is 4.38. The monoisotopic (exact) mass is 316 g/mol. The Morgan fingerprint density at radius 2 is 2.38 bits per heavy atom. The molecule has 1 aromatic heterocycles. The van der Waals surface area contributed by atoms with Gasteiger partial charge in [-0.1, -0.05) is 11.6 Å². The van der Waals surface area contributed by atoms with Gasteiger partial charge in [-0.2, -0.15) is 4.39 Å². The van der Waals surface area contributed by atoms with Crippen molar-refractivity contribution in [2.24, 2.45) is 0 Å². The molecule has 1 aromatic rings. The maximum Gasteiger partial charge on any atom is 0.235 e. The molecule has 0 radical (unpaired) electrons. The van der Waals surface area contributed by atoms with Crippen molar-refractivity contribution in [2.75, 3.05) is 37.4 Å². The molecule has 3 N–H and O–H groups in total. The molecule has 1 aliphatic heterocycles. The van der Waals surface area contributed by atoms with Crippen LogP contribution in [0.2, 0.25) is 5.02 Å². The summed E-state index contributed by atoms with van der Waals surface area (Å²) >= 11 is 5.75. The van der Waals surface area contributed by atoms with E-state index < -0.39 is 5.95 Å². The standard InChI is InChI=1S/C14H22ClFN4O/c1-9(21-3)7-14(2)8-18-4-5-20(14)11-6-10(17)12(15)13(16)19-11/h6,9,18H,4-5,7-8H2,1-3H3,(H2,17,19)/t9?,14-/m0/s1. The second-order valence-corrected chi connectivity index (χ2v) is 6.13. The summed E-state index contributed by atoms with van der Waals surface area (Å²) in [7, 11) is 1.69. The lowest BCUT2D eigenvalue weighted by Crippen LogP contribution is -2.61. The summed E-state index contributed by atoms with van der Waals surface area (Å²) in [4.78, 5) is 6.04. The summed E-state index contributed by atoms with van der Waals surface area (Å²) < 4.78 is 19.2. The van der Waals surface area contributed by atoms with E-state index in [0.717, 1.165) is 26.1 Å². The molecule has 0 spiro atoms. The number of rotatable bonds is 4. The second-order valence-electron chi connectivity index (χ2n) is 5.75. The number of halogens is 2. The van der Waals surface area contributed by atoms with Gasteiger partial charge in [-0.15, -0.1) is 0 Å². The summed E-state index contributed by atoms with van der Waals surface area (Å²) in [5.41, 5.74) is 5.74. The Morgan fingerprint density at radius 1 is 1.67 bits per heavy atom. The van der Waals surface area contributed by atoms with Crippen LogP contribution in [0.25, 0.3) is 0 Å². The van der Waals surface area contributed by atoms with Crippen molar-refractivity contribution in [3.05, 3.63) is 17.0 Å². The molecule has 5 nitrogen and oxygen atoms in total. The predicted molar refractivity (Wildman–Crippen MR) is 83.3 cm³/mol. The zero-order valence-electron chi connectivity index (χ0n) is 12.6. The number of anilines is 2. The van der Waals surface area contributed by atoms with Crippen LogP contribution >= 0.6 is 11.6 Å². The number of ether oxygens (including phenoxy) is 1. The Balaban J connectivity index is 2.34. The van der Waals surface area contributed by atoms with Crippen LogP contribution in [0.1, 0.15) is 20.3 Å². The molecule has 1 saturated heterocycles. The van der Waals surface area contributed by atoms with Crippen LogP contribution in [0.5, 0.6) is 0 Å². The van der Waals surface area contributed by atoms with Gasteiger partial charge in [-0.05, 0) is 20.3 Å². The fraction of sp³-hybridized carbons (Fsp3) is 0.643. The number of hydrogen-bond acceptors (Lipinski definition) is 5. The highest BCUT2D eigenvalue weighted by Crippen LogP contribution is 2.32. The molecule has 2 atom stereocenters. The fourth-order valence-corrected chi connectivity index (χ4v) is 2.93. The first-order valence-corrected chi connectivity index (χ1v) is 7.38. The van der Waals surface area contributed by atoms with Crippen molar-refractivity contribution >= 4 is 23.1 Å². The Kier molecular flexibility index (Phi) is 4.91. The molecule has 0 saturated carbocycles. The molecule has 0 aromatic carbocycles. The number of nitrogens with zero attached hydrogens (tertiary/aromatic N) is 2. The molecule has 2 rings (SSSR count). The first-order chi connectivity index (χ1) is 9.87. The van der Waals surface area contributed by atoms with Gasteiger partial charge in [0.1, 0.15) is 10.8 Å². The topological polar surface area (TPSA) is 63.4 Å². The maximum absolute atomic E-state index is 13.8. The van der Waals surface area contributed by atoms with Crippen LogP contribution in [0.4, 0.5) is 15.9 Å². The normalized spacial score (nSPS) is 24.1.